The molecule has 0 bridgehead atoms. The van der Waals surface area contributed by atoms with Gasteiger partial charge in [0.2, 0.25) is 5.91 Å². The van der Waals surface area contributed by atoms with Gasteiger partial charge in [-0.2, -0.15) is 0 Å². The van der Waals surface area contributed by atoms with Gasteiger partial charge in [0.15, 0.2) is 0 Å². The minimum Gasteiger partial charge on any atom is -0.356 e. The number of carbonyl (C=O) groups is 1. The number of halogens is 2. The molecule has 0 saturated carbocycles. The summed E-state index contributed by atoms with van der Waals surface area (Å²) in [6, 6.07) is 32.2. The van der Waals surface area contributed by atoms with Crippen molar-refractivity contribution >= 4 is 5.91 Å². The van der Waals surface area contributed by atoms with Gasteiger partial charge in [0, 0.05) is 25.4 Å². The lowest BCUT2D eigenvalue weighted by Gasteiger charge is -2.30. The fraction of sp³-hybridized carbons (Fsp3) is 0.324. The molecule has 0 aliphatic carbocycles. The van der Waals surface area contributed by atoms with Crippen LogP contribution in [-0.4, -0.2) is 30.4 Å². The van der Waals surface area contributed by atoms with Crippen LogP contribution in [0, 0.1) is 17.6 Å². The molecule has 1 aliphatic rings. The Morgan fingerprint density at radius 2 is 1.31 bits per heavy atom. The topological polar surface area (TPSA) is 32.3 Å². The van der Waals surface area contributed by atoms with Crippen molar-refractivity contribution < 1.29 is 13.6 Å². The number of amides is 1. The van der Waals surface area contributed by atoms with E-state index in [-0.39, 0.29) is 41.3 Å². The fourth-order valence-corrected chi connectivity index (χ4v) is 6.01. The van der Waals surface area contributed by atoms with Crippen LogP contribution in [0.3, 0.4) is 0 Å². The first kappa shape index (κ1) is 29.7. The molecule has 5 rings (SSSR count). The maximum Gasteiger partial charge on any atom is 0.220 e. The molecule has 1 fully saturated rings. The maximum atomic E-state index is 13.6. The maximum absolute atomic E-state index is 13.6. The molecule has 1 amide bonds. The molecule has 1 heterocycles. The predicted octanol–water partition coefficient (Wildman–Crippen LogP) is 8.01. The van der Waals surface area contributed by atoms with Gasteiger partial charge in [-0.25, -0.2) is 8.78 Å². The largest absolute Gasteiger partial charge is 0.356 e. The van der Waals surface area contributed by atoms with Crippen LogP contribution in [0.5, 0.6) is 0 Å². The zero-order valence-corrected chi connectivity index (χ0v) is 24.7. The van der Waals surface area contributed by atoms with E-state index in [0.717, 1.165) is 30.6 Å². The van der Waals surface area contributed by atoms with E-state index < -0.39 is 0 Å². The molecule has 1 aliphatic heterocycles. The number of nitrogens with zero attached hydrogens (tertiary/aromatic N) is 1. The van der Waals surface area contributed by atoms with E-state index >= 15 is 0 Å². The Kier molecular flexibility index (Phi) is 9.18. The first-order chi connectivity index (χ1) is 20.2. The van der Waals surface area contributed by atoms with Gasteiger partial charge in [0.1, 0.15) is 11.6 Å². The number of nitrogens with one attached hydrogen (secondary N) is 1. The summed E-state index contributed by atoms with van der Waals surface area (Å²) in [5.74, 6) is -0.671. The summed E-state index contributed by atoms with van der Waals surface area (Å²) >= 11 is 0. The third kappa shape index (κ3) is 7.32. The Balaban J connectivity index is 1.25. The number of carbonyl (C=O) groups excluding carboxylic acids is 1. The zero-order chi connectivity index (χ0) is 29.7. The predicted molar refractivity (Wildman–Crippen MR) is 165 cm³/mol. The van der Waals surface area contributed by atoms with Crippen LogP contribution in [0.25, 0.3) is 0 Å². The van der Waals surface area contributed by atoms with Crippen molar-refractivity contribution in [1.82, 2.24) is 10.2 Å². The Bertz CT molecular complexity index is 1400. The molecule has 1 N–H and O–H groups in total. The molecule has 4 aromatic rings. The van der Waals surface area contributed by atoms with E-state index in [0.29, 0.717) is 12.5 Å². The average molecular weight is 567 g/mol. The summed E-state index contributed by atoms with van der Waals surface area (Å²) in [5.41, 5.74) is 5.62. The highest BCUT2D eigenvalue weighted by Crippen LogP contribution is 2.35. The Morgan fingerprint density at radius 1 is 0.786 bits per heavy atom. The number of benzene rings is 4. The summed E-state index contributed by atoms with van der Waals surface area (Å²) < 4.78 is 27.2. The van der Waals surface area contributed by atoms with Crippen molar-refractivity contribution in [1.29, 1.82) is 0 Å². The van der Waals surface area contributed by atoms with Gasteiger partial charge < -0.3 is 5.32 Å². The van der Waals surface area contributed by atoms with Gasteiger partial charge in [-0.15, -0.1) is 0 Å². The highest BCUT2D eigenvalue weighted by molar-refractivity contribution is 5.77. The SMILES string of the molecule is CC(C)(C)c1ccc(C(c2ccccc2)N2CCC(CNC(=O)CC(c3ccc(F)cc3)c3ccc(F)cc3)C2)cc1. The highest BCUT2D eigenvalue weighted by Gasteiger charge is 2.31. The van der Waals surface area contributed by atoms with Crippen molar-refractivity contribution in [2.75, 3.05) is 19.6 Å². The molecular weight excluding hydrogens is 526 g/mol. The van der Waals surface area contributed by atoms with E-state index in [2.05, 4.69) is 85.6 Å². The minimum atomic E-state index is -0.328. The molecule has 4 aromatic carbocycles. The van der Waals surface area contributed by atoms with Gasteiger partial charge >= 0.3 is 0 Å². The smallest absolute Gasteiger partial charge is 0.220 e. The van der Waals surface area contributed by atoms with Crippen LogP contribution < -0.4 is 5.32 Å². The van der Waals surface area contributed by atoms with Crippen LogP contribution in [-0.2, 0) is 10.2 Å². The normalized spacial score (nSPS) is 16.5. The van der Waals surface area contributed by atoms with E-state index in [4.69, 9.17) is 0 Å². The second-order valence-electron chi connectivity index (χ2n) is 12.5. The molecule has 5 heteroatoms. The van der Waals surface area contributed by atoms with Crippen LogP contribution in [0.1, 0.15) is 73.4 Å². The van der Waals surface area contributed by atoms with Gasteiger partial charge in [-0.3, -0.25) is 9.69 Å². The molecule has 0 radical (unpaired) electrons. The number of hydrogen-bond acceptors (Lipinski definition) is 2. The molecule has 0 aromatic heterocycles. The standard InChI is InChI=1S/C37H40F2N2O/c1-37(2,3)31-15-9-30(10-16-31)36(29-7-5-4-6-8-29)41-22-21-26(25-41)24-40-35(42)23-34(27-11-17-32(38)18-12-27)28-13-19-33(39)20-14-28/h4-20,26,34,36H,21-25H2,1-3H3,(H,40,42). The summed E-state index contributed by atoms with van der Waals surface area (Å²) in [6.07, 6.45) is 1.21. The first-order valence-corrected chi connectivity index (χ1v) is 14.8. The number of likely N-dealkylation sites (tertiary alicyclic amines) is 1. The second kappa shape index (κ2) is 13.0. The third-order valence-electron chi connectivity index (χ3n) is 8.41. The minimum absolute atomic E-state index is 0.0653. The molecule has 2 atom stereocenters. The molecule has 218 valence electrons. The lowest BCUT2D eigenvalue weighted by atomic mass is 9.85. The first-order valence-electron chi connectivity index (χ1n) is 14.8. The molecule has 42 heavy (non-hydrogen) atoms. The summed E-state index contributed by atoms with van der Waals surface area (Å²) in [7, 11) is 0. The van der Waals surface area contributed by atoms with Crippen LogP contribution >= 0.6 is 0 Å². The van der Waals surface area contributed by atoms with E-state index in [1.807, 2.05) is 0 Å². The van der Waals surface area contributed by atoms with Crippen molar-refractivity contribution in [2.24, 2.45) is 5.92 Å². The van der Waals surface area contributed by atoms with Crippen molar-refractivity contribution in [2.45, 2.75) is 51.0 Å². The summed E-state index contributed by atoms with van der Waals surface area (Å²) in [4.78, 5) is 15.7. The number of hydrogen-bond donors (Lipinski definition) is 1. The average Bonchev–Trinajstić information content (AvgIpc) is 3.45. The summed E-state index contributed by atoms with van der Waals surface area (Å²) in [5, 5.41) is 3.17. The van der Waals surface area contributed by atoms with Crippen molar-refractivity contribution in [3.8, 4) is 0 Å². The molecule has 1 saturated heterocycles. The molecule has 0 spiro atoms. The van der Waals surface area contributed by atoms with Crippen molar-refractivity contribution in [3.63, 3.8) is 0 Å². The quantitative estimate of drug-likeness (QED) is 0.223. The van der Waals surface area contributed by atoms with Gasteiger partial charge in [-0.1, -0.05) is 99.6 Å². The lowest BCUT2D eigenvalue weighted by Crippen LogP contribution is -2.33. The fourth-order valence-electron chi connectivity index (χ4n) is 6.01. The Hall–Kier alpha value is -3.83. The van der Waals surface area contributed by atoms with E-state index in [1.54, 1.807) is 24.3 Å². The number of rotatable bonds is 9. The Labute approximate surface area is 248 Å². The lowest BCUT2D eigenvalue weighted by molar-refractivity contribution is -0.121. The van der Waals surface area contributed by atoms with Crippen LogP contribution in [0.2, 0.25) is 0 Å². The molecule has 2 unspecified atom stereocenters. The van der Waals surface area contributed by atoms with Crippen LogP contribution in [0.4, 0.5) is 8.78 Å². The van der Waals surface area contributed by atoms with Gasteiger partial charge in [0.05, 0.1) is 6.04 Å². The van der Waals surface area contributed by atoms with E-state index in [1.165, 1.54) is 41.0 Å². The Morgan fingerprint density at radius 3 is 1.86 bits per heavy atom. The molecule has 3 nitrogen and oxygen atoms in total. The molecular formula is C37H40F2N2O. The third-order valence-corrected chi connectivity index (χ3v) is 8.41. The van der Waals surface area contributed by atoms with Gasteiger partial charge in [0.25, 0.3) is 0 Å². The van der Waals surface area contributed by atoms with Crippen molar-refractivity contribution in [3.05, 3.63) is 143 Å². The second-order valence-corrected chi connectivity index (χ2v) is 12.5. The summed E-state index contributed by atoms with van der Waals surface area (Å²) in [6.45, 7) is 9.14. The van der Waals surface area contributed by atoms with Crippen LogP contribution in [0.15, 0.2) is 103 Å². The zero-order valence-electron chi connectivity index (χ0n) is 24.7. The highest BCUT2D eigenvalue weighted by atomic mass is 19.1. The van der Waals surface area contributed by atoms with Gasteiger partial charge in [-0.05, 0) is 76.4 Å². The monoisotopic (exact) mass is 566 g/mol. The van der Waals surface area contributed by atoms with E-state index in [9.17, 15) is 13.6 Å².